The second-order valence-corrected chi connectivity index (χ2v) is 9.29. The molecule has 1 aliphatic heterocycles. The van der Waals surface area contributed by atoms with Gasteiger partial charge >= 0.3 is 12.1 Å². The number of ether oxygens (including phenoxy) is 2. The van der Waals surface area contributed by atoms with E-state index < -0.39 is 11.0 Å². The second-order valence-electron chi connectivity index (χ2n) is 6.67. The Hall–Kier alpha value is -2.27. The van der Waals surface area contributed by atoms with Crippen molar-refractivity contribution in [3.8, 4) is 0 Å². The monoisotopic (exact) mass is 456 g/mol. The van der Waals surface area contributed by atoms with E-state index in [0.29, 0.717) is 36.6 Å². The topological polar surface area (TPSA) is 116 Å². The molecule has 1 amide bonds. The fraction of sp³-hybridized carbons (Fsp3) is 0.526. The number of thioether (sulfide) groups is 2. The van der Waals surface area contributed by atoms with E-state index in [-0.39, 0.29) is 34.7 Å². The van der Waals surface area contributed by atoms with Crippen LogP contribution in [0.15, 0.2) is 24.3 Å². The van der Waals surface area contributed by atoms with Gasteiger partial charge in [-0.1, -0.05) is 11.8 Å². The first-order chi connectivity index (χ1) is 14.3. The predicted molar refractivity (Wildman–Crippen MR) is 114 cm³/mol. The van der Waals surface area contributed by atoms with Gasteiger partial charge in [-0.15, -0.1) is 0 Å². The molecule has 0 spiro atoms. The number of benzene rings is 1. The van der Waals surface area contributed by atoms with Crippen LogP contribution in [0.4, 0.5) is 10.5 Å². The first kappa shape index (κ1) is 24.0. The number of hydrogen-bond donors (Lipinski definition) is 0. The van der Waals surface area contributed by atoms with Gasteiger partial charge in [-0.2, -0.15) is 11.8 Å². The van der Waals surface area contributed by atoms with Gasteiger partial charge in [0.15, 0.2) is 5.12 Å². The van der Waals surface area contributed by atoms with Crippen molar-refractivity contribution in [3.63, 3.8) is 0 Å². The molecule has 30 heavy (non-hydrogen) atoms. The summed E-state index contributed by atoms with van der Waals surface area (Å²) in [6, 6.07) is 5.73. The summed E-state index contributed by atoms with van der Waals surface area (Å²) in [6.45, 7) is 3.59. The highest BCUT2D eigenvalue weighted by molar-refractivity contribution is 8.14. The lowest BCUT2D eigenvalue weighted by atomic mass is 10.2. The Kier molecular flexibility index (Phi) is 9.44. The molecule has 2 unspecified atom stereocenters. The van der Waals surface area contributed by atoms with Crippen LogP contribution in [0.25, 0.3) is 0 Å². The Labute approximate surface area is 183 Å². The number of esters is 1. The minimum Gasteiger partial charge on any atom is -0.465 e. The number of non-ortho nitro benzene ring substituents is 1. The van der Waals surface area contributed by atoms with E-state index in [2.05, 4.69) is 0 Å². The summed E-state index contributed by atoms with van der Waals surface area (Å²) in [5, 5.41) is 10.7. The minimum atomic E-state index is -0.490. The van der Waals surface area contributed by atoms with Crippen LogP contribution in [-0.4, -0.2) is 63.0 Å². The normalized spacial score (nSPS) is 18.1. The quantitative estimate of drug-likeness (QED) is 0.239. The van der Waals surface area contributed by atoms with Crippen LogP contribution in [0.5, 0.6) is 0 Å². The number of nitrogens with zero attached hydrogens (tertiary/aromatic N) is 2. The SMILES string of the molecule is CC(=O)OCCSCC1CC(SC(C)=O)CN1C(=O)OCc1ccc([N+](=O)[O-])cc1. The molecule has 0 saturated carbocycles. The van der Waals surface area contributed by atoms with E-state index in [9.17, 15) is 24.5 Å². The lowest BCUT2D eigenvalue weighted by Gasteiger charge is -2.23. The zero-order valence-electron chi connectivity index (χ0n) is 16.8. The third kappa shape index (κ3) is 7.86. The molecule has 2 rings (SSSR count). The zero-order chi connectivity index (χ0) is 22.1. The highest BCUT2D eigenvalue weighted by Crippen LogP contribution is 2.30. The summed E-state index contributed by atoms with van der Waals surface area (Å²) < 4.78 is 10.3. The smallest absolute Gasteiger partial charge is 0.410 e. The van der Waals surface area contributed by atoms with E-state index in [1.807, 2.05) is 0 Å². The van der Waals surface area contributed by atoms with Crippen LogP contribution >= 0.6 is 23.5 Å². The van der Waals surface area contributed by atoms with Gasteiger partial charge in [0.2, 0.25) is 0 Å². The van der Waals surface area contributed by atoms with Gasteiger partial charge in [0.1, 0.15) is 13.2 Å². The summed E-state index contributed by atoms with van der Waals surface area (Å²) in [6.07, 6.45) is 0.197. The fourth-order valence-corrected chi connectivity index (χ4v) is 4.96. The fourth-order valence-electron chi connectivity index (χ4n) is 2.98. The molecular weight excluding hydrogens is 432 g/mol. The lowest BCUT2D eigenvalue weighted by molar-refractivity contribution is -0.384. The Morgan fingerprint density at radius 3 is 2.50 bits per heavy atom. The van der Waals surface area contributed by atoms with Crippen molar-refractivity contribution in [1.82, 2.24) is 4.90 Å². The summed E-state index contributed by atoms with van der Waals surface area (Å²) in [5.74, 6) is 0.931. The van der Waals surface area contributed by atoms with Crippen LogP contribution in [0, 0.1) is 10.1 Å². The van der Waals surface area contributed by atoms with Gasteiger partial charge in [0.25, 0.3) is 5.69 Å². The van der Waals surface area contributed by atoms with E-state index in [0.717, 1.165) is 0 Å². The largest absolute Gasteiger partial charge is 0.465 e. The standard InChI is InChI=1S/C19H24N2O7S2/c1-13(22)27-7-8-29-12-17-9-18(30-14(2)23)10-20(17)19(24)28-11-15-3-5-16(6-4-15)21(25)26/h3-6,17-18H,7-12H2,1-2H3. The van der Waals surface area contributed by atoms with Gasteiger partial charge in [-0.3, -0.25) is 19.7 Å². The third-order valence-electron chi connectivity index (χ3n) is 4.30. The summed E-state index contributed by atoms with van der Waals surface area (Å²) in [7, 11) is 0. The molecule has 164 valence electrons. The van der Waals surface area contributed by atoms with Gasteiger partial charge < -0.3 is 14.4 Å². The van der Waals surface area contributed by atoms with Gasteiger partial charge in [-0.25, -0.2) is 4.79 Å². The number of nitro groups is 1. The first-order valence-corrected chi connectivity index (χ1v) is 11.3. The predicted octanol–water partition coefficient (Wildman–Crippen LogP) is 3.25. The number of rotatable bonds is 9. The van der Waals surface area contributed by atoms with Crippen LogP contribution in [0.2, 0.25) is 0 Å². The summed E-state index contributed by atoms with van der Waals surface area (Å²) in [5.41, 5.74) is 0.620. The van der Waals surface area contributed by atoms with Gasteiger partial charge in [-0.05, 0) is 24.1 Å². The van der Waals surface area contributed by atoms with Gasteiger partial charge in [0.05, 0.1) is 4.92 Å². The maximum Gasteiger partial charge on any atom is 0.410 e. The average molecular weight is 457 g/mol. The molecule has 2 atom stereocenters. The van der Waals surface area contributed by atoms with Crippen molar-refractivity contribution < 1.29 is 28.8 Å². The number of hydrogen-bond acceptors (Lipinski definition) is 9. The number of likely N-dealkylation sites (tertiary alicyclic amines) is 1. The maximum absolute atomic E-state index is 12.6. The van der Waals surface area contributed by atoms with Crippen LogP contribution in [0.3, 0.4) is 0 Å². The Morgan fingerprint density at radius 2 is 1.90 bits per heavy atom. The van der Waals surface area contributed by atoms with E-state index in [4.69, 9.17) is 9.47 Å². The molecular formula is C19H24N2O7S2. The van der Waals surface area contributed by atoms with Crippen molar-refractivity contribution in [1.29, 1.82) is 0 Å². The molecule has 1 aromatic rings. The van der Waals surface area contributed by atoms with Crippen molar-refractivity contribution >= 4 is 46.4 Å². The maximum atomic E-state index is 12.6. The van der Waals surface area contributed by atoms with Crippen LogP contribution in [-0.2, 0) is 25.7 Å². The molecule has 1 heterocycles. The molecule has 1 aliphatic rings. The Balaban J connectivity index is 1.90. The van der Waals surface area contributed by atoms with E-state index in [1.165, 1.54) is 37.7 Å². The lowest BCUT2D eigenvalue weighted by Crippen LogP contribution is -2.37. The third-order valence-corrected chi connectivity index (χ3v) is 6.38. The molecule has 1 fully saturated rings. The molecule has 9 nitrogen and oxygen atoms in total. The van der Waals surface area contributed by atoms with Crippen molar-refractivity contribution in [2.45, 2.75) is 38.2 Å². The first-order valence-electron chi connectivity index (χ1n) is 9.31. The molecule has 11 heteroatoms. The average Bonchev–Trinajstić information content (AvgIpc) is 3.07. The molecule has 0 aliphatic carbocycles. The Morgan fingerprint density at radius 1 is 1.20 bits per heavy atom. The summed E-state index contributed by atoms with van der Waals surface area (Å²) >= 11 is 2.79. The number of carbonyl (C=O) groups excluding carboxylic acids is 3. The molecule has 0 bridgehead atoms. The molecule has 0 aromatic heterocycles. The number of amides is 1. The van der Waals surface area contributed by atoms with Crippen LogP contribution in [0.1, 0.15) is 25.8 Å². The van der Waals surface area contributed by atoms with Crippen molar-refractivity contribution in [3.05, 3.63) is 39.9 Å². The van der Waals surface area contributed by atoms with E-state index >= 15 is 0 Å². The Bertz CT molecular complexity index is 773. The van der Waals surface area contributed by atoms with Crippen LogP contribution < -0.4 is 0 Å². The van der Waals surface area contributed by atoms with Gasteiger partial charge in [0, 0.05) is 55.3 Å². The molecule has 0 N–H and O–H groups in total. The highest BCUT2D eigenvalue weighted by atomic mass is 32.2. The molecule has 1 saturated heterocycles. The minimum absolute atomic E-state index is 0.00218. The molecule has 0 radical (unpaired) electrons. The highest BCUT2D eigenvalue weighted by Gasteiger charge is 2.37. The number of nitro benzene ring substituents is 1. The second kappa shape index (κ2) is 11.8. The zero-order valence-corrected chi connectivity index (χ0v) is 18.4. The van der Waals surface area contributed by atoms with E-state index in [1.54, 1.807) is 28.8 Å². The summed E-state index contributed by atoms with van der Waals surface area (Å²) in [4.78, 5) is 46.8. The molecule has 1 aromatic carbocycles. The van der Waals surface area contributed by atoms with Crippen molar-refractivity contribution in [2.24, 2.45) is 0 Å². The van der Waals surface area contributed by atoms with Crippen molar-refractivity contribution in [2.75, 3.05) is 24.7 Å². The number of carbonyl (C=O) groups is 3.